The van der Waals surface area contributed by atoms with Crippen LogP contribution in [0.15, 0.2) is 48.8 Å². The summed E-state index contributed by atoms with van der Waals surface area (Å²) < 4.78 is 5.73. The van der Waals surface area contributed by atoms with Gasteiger partial charge in [0.05, 0.1) is 12.7 Å². The highest BCUT2D eigenvalue weighted by Gasteiger charge is 2.11. The van der Waals surface area contributed by atoms with Crippen molar-refractivity contribution in [3.8, 4) is 5.75 Å². The molecule has 5 heteroatoms. The van der Waals surface area contributed by atoms with E-state index in [0.717, 1.165) is 6.54 Å². The number of amides is 1. The van der Waals surface area contributed by atoms with Crippen LogP contribution in [0.4, 0.5) is 0 Å². The number of hydrogen-bond donors (Lipinski definition) is 1. The van der Waals surface area contributed by atoms with E-state index in [2.05, 4.69) is 27.3 Å². The van der Waals surface area contributed by atoms with Crippen LogP contribution in [0.3, 0.4) is 0 Å². The summed E-state index contributed by atoms with van der Waals surface area (Å²) in [6.45, 7) is 5.70. The molecule has 1 unspecified atom stereocenters. The van der Waals surface area contributed by atoms with Crippen LogP contribution in [-0.2, 0) is 6.54 Å². The zero-order chi connectivity index (χ0) is 18.9. The van der Waals surface area contributed by atoms with Crippen LogP contribution in [0.25, 0.3) is 0 Å². The number of carbonyl (C=O) groups excluding carboxylic acids is 1. The molecule has 27 heavy (non-hydrogen) atoms. The molecule has 0 aliphatic carbocycles. The van der Waals surface area contributed by atoms with Crippen LogP contribution in [0, 0.1) is 0 Å². The molecule has 1 saturated heterocycles. The molecule has 5 nitrogen and oxygen atoms in total. The van der Waals surface area contributed by atoms with E-state index < -0.39 is 0 Å². The minimum atomic E-state index is -0.125. The Hall–Kier alpha value is -2.40. The third-order valence-corrected chi connectivity index (χ3v) is 4.84. The first-order chi connectivity index (χ1) is 13.2. The maximum atomic E-state index is 12.4. The van der Waals surface area contributed by atoms with Gasteiger partial charge in [-0.3, -0.25) is 14.7 Å². The molecular weight excluding hydrogens is 338 g/mol. The minimum Gasteiger partial charge on any atom is -0.487 e. The molecule has 0 radical (unpaired) electrons. The Kier molecular flexibility index (Phi) is 7.22. The van der Waals surface area contributed by atoms with Gasteiger partial charge in [0.1, 0.15) is 11.9 Å². The van der Waals surface area contributed by atoms with Gasteiger partial charge >= 0.3 is 0 Å². The van der Waals surface area contributed by atoms with Crippen LogP contribution in [-0.4, -0.2) is 41.5 Å². The lowest BCUT2D eigenvalue weighted by atomic mass is 10.1. The van der Waals surface area contributed by atoms with Crippen molar-refractivity contribution in [2.75, 3.05) is 19.6 Å². The van der Waals surface area contributed by atoms with Crippen molar-refractivity contribution in [2.45, 2.75) is 45.3 Å². The third-order valence-electron chi connectivity index (χ3n) is 4.84. The molecule has 144 valence electrons. The lowest BCUT2D eigenvalue weighted by Crippen LogP contribution is -2.33. The molecule has 2 heterocycles. The Morgan fingerprint density at radius 1 is 1.15 bits per heavy atom. The molecule has 1 aliphatic rings. The molecule has 1 aromatic carbocycles. The fourth-order valence-corrected chi connectivity index (χ4v) is 3.34. The maximum Gasteiger partial charge on any atom is 0.251 e. The zero-order valence-electron chi connectivity index (χ0n) is 16.1. The number of carbonyl (C=O) groups is 1. The van der Waals surface area contributed by atoms with Gasteiger partial charge in [0, 0.05) is 18.3 Å². The van der Waals surface area contributed by atoms with E-state index in [4.69, 9.17) is 4.74 Å². The SMILES string of the molecule is CC(CNC(=O)c1ccc(CN2CCCCCC2)cc1)Oc1cccnc1. The largest absolute Gasteiger partial charge is 0.487 e. The molecule has 1 amide bonds. The zero-order valence-corrected chi connectivity index (χ0v) is 16.1. The first-order valence-electron chi connectivity index (χ1n) is 9.87. The van der Waals surface area contributed by atoms with E-state index in [9.17, 15) is 4.79 Å². The van der Waals surface area contributed by atoms with Crippen molar-refractivity contribution in [3.05, 3.63) is 59.9 Å². The Labute approximate surface area is 161 Å². The lowest BCUT2D eigenvalue weighted by molar-refractivity contribution is 0.0932. The second-order valence-corrected chi connectivity index (χ2v) is 7.21. The quantitative estimate of drug-likeness (QED) is 0.811. The molecule has 1 fully saturated rings. The van der Waals surface area contributed by atoms with Crippen LogP contribution >= 0.6 is 0 Å². The molecule has 0 bridgehead atoms. The predicted molar refractivity (Wildman–Crippen MR) is 107 cm³/mol. The van der Waals surface area contributed by atoms with Crippen molar-refractivity contribution in [3.63, 3.8) is 0 Å². The van der Waals surface area contributed by atoms with E-state index in [0.29, 0.717) is 17.9 Å². The number of nitrogens with one attached hydrogen (secondary N) is 1. The summed E-state index contributed by atoms with van der Waals surface area (Å²) in [4.78, 5) is 18.9. The van der Waals surface area contributed by atoms with E-state index in [-0.39, 0.29) is 12.0 Å². The smallest absolute Gasteiger partial charge is 0.251 e. The Morgan fingerprint density at radius 2 is 1.89 bits per heavy atom. The van der Waals surface area contributed by atoms with Gasteiger partial charge in [-0.05, 0) is 62.7 Å². The highest BCUT2D eigenvalue weighted by Crippen LogP contribution is 2.14. The van der Waals surface area contributed by atoms with Gasteiger partial charge in [0.25, 0.3) is 5.91 Å². The van der Waals surface area contributed by atoms with Crippen LogP contribution in [0.5, 0.6) is 5.75 Å². The van der Waals surface area contributed by atoms with E-state index in [1.165, 1.54) is 44.3 Å². The van der Waals surface area contributed by atoms with Gasteiger partial charge in [-0.25, -0.2) is 0 Å². The monoisotopic (exact) mass is 367 g/mol. The average Bonchev–Trinajstić information content (AvgIpc) is 2.96. The Bertz CT molecular complexity index is 695. The van der Waals surface area contributed by atoms with Crippen molar-refractivity contribution in [1.82, 2.24) is 15.2 Å². The number of rotatable bonds is 7. The second kappa shape index (κ2) is 10.1. The second-order valence-electron chi connectivity index (χ2n) is 7.21. The van der Waals surface area contributed by atoms with Crippen molar-refractivity contribution in [2.24, 2.45) is 0 Å². The molecule has 0 spiro atoms. The summed E-state index contributed by atoms with van der Waals surface area (Å²) >= 11 is 0. The number of likely N-dealkylation sites (tertiary alicyclic amines) is 1. The first kappa shape index (κ1) is 19.4. The molecule has 2 aromatic rings. The fraction of sp³-hybridized carbons (Fsp3) is 0.455. The number of pyridine rings is 1. The fourth-order valence-electron chi connectivity index (χ4n) is 3.34. The average molecular weight is 367 g/mol. The standard InChI is InChI=1S/C22H29N3O2/c1-18(27-21-7-6-12-23-16-21)15-24-22(26)20-10-8-19(9-11-20)17-25-13-4-2-3-5-14-25/h6-12,16,18H,2-5,13-15,17H2,1H3,(H,24,26). The highest BCUT2D eigenvalue weighted by atomic mass is 16.5. The minimum absolute atomic E-state index is 0.0713. The predicted octanol–water partition coefficient (Wildman–Crippen LogP) is 3.65. The van der Waals surface area contributed by atoms with Gasteiger partial charge in [-0.1, -0.05) is 25.0 Å². The number of ether oxygens (including phenoxy) is 1. The van der Waals surface area contributed by atoms with Gasteiger partial charge in [0.2, 0.25) is 0 Å². The topological polar surface area (TPSA) is 54.5 Å². The maximum absolute atomic E-state index is 12.4. The number of nitrogens with zero attached hydrogens (tertiary/aromatic N) is 2. The lowest BCUT2D eigenvalue weighted by Gasteiger charge is -2.19. The van der Waals surface area contributed by atoms with E-state index in [1.54, 1.807) is 12.4 Å². The first-order valence-corrected chi connectivity index (χ1v) is 9.87. The van der Waals surface area contributed by atoms with Crippen molar-refractivity contribution >= 4 is 5.91 Å². The van der Waals surface area contributed by atoms with E-state index in [1.807, 2.05) is 31.2 Å². The molecule has 1 aromatic heterocycles. The van der Waals surface area contributed by atoms with Gasteiger partial charge in [-0.15, -0.1) is 0 Å². The normalized spacial score (nSPS) is 16.3. The summed E-state index contributed by atoms with van der Waals surface area (Å²) in [6.07, 6.45) is 8.52. The third kappa shape index (κ3) is 6.36. The number of aromatic nitrogens is 1. The van der Waals surface area contributed by atoms with Crippen LogP contribution in [0.2, 0.25) is 0 Å². The molecular formula is C22H29N3O2. The number of benzene rings is 1. The summed E-state index contributed by atoms with van der Waals surface area (Å²) in [5.74, 6) is 0.634. The van der Waals surface area contributed by atoms with Gasteiger partial charge in [0.15, 0.2) is 0 Å². The van der Waals surface area contributed by atoms with Gasteiger partial charge < -0.3 is 10.1 Å². The van der Waals surface area contributed by atoms with Gasteiger partial charge in [-0.2, -0.15) is 0 Å². The number of hydrogen-bond acceptors (Lipinski definition) is 4. The summed E-state index contributed by atoms with van der Waals surface area (Å²) in [7, 11) is 0. The highest BCUT2D eigenvalue weighted by molar-refractivity contribution is 5.94. The molecule has 1 aliphatic heterocycles. The molecule has 0 saturated carbocycles. The Morgan fingerprint density at radius 3 is 2.56 bits per heavy atom. The van der Waals surface area contributed by atoms with Crippen LogP contribution < -0.4 is 10.1 Å². The van der Waals surface area contributed by atoms with Crippen LogP contribution in [0.1, 0.15) is 48.5 Å². The van der Waals surface area contributed by atoms with E-state index >= 15 is 0 Å². The summed E-state index contributed by atoms with van der Waals surface area (Å²) in [6, 6.07) is 11.6. The molecule has 3 rings (SSSR count). The Balaban J connectivity index is 1.45. The molecule has 1 atom stereocenters. The van der Waals surface area contributed by atoms with Crippen molar-refractivity contribution < 1.29 is 9.53 Å². The summed E-state index contributed by atoms with van der Waals surface area (Å²) in [5, 5.41) is 2.93. The summed E-state index contributed by atoms with van der Waals surface area (Å²) in [5.41, 5.74) is 1.95. The van der Waals surface area contributed by atoms with Crippen molar-refractivity contribution in [1.29, 1.82) is 0 Å². The molecule has 1 N–H and O–H groups in total.